The van der Waals surface area contributed by atoms with Crippen molar-refractivity contribution in [2.45, 2.75) is 45.8 Å². The van der Waals surface area contributed by atoms with Crippen molar-refractivity contribution >= 4 is 17.9 Å². The Bertz CT molecular complexity index is 371. The Morgan fingerprint density at radius 2 is 2.20 bits per heavy atom. The van der Waals surface area contributed by atoms with Crippen molar-refractivity contribution < 1.29 is 19.1 Å². The van der Waals surface area contributed by atoms with Crippen LogP contribution in [0.5, 0.6) is 0 Å². The Labute approximate surface area is 119 Å². The number of amides is 3. The molecule has 0 spiro atoms. The van der Waals surface area contributed by atoms with Gasteiger partial charge in [-0.1, -0.05) is 0 Å². The minimum Gasteiger partial charge on any atom is -0.463 e. The number of rotatable bonds is 5. The highest BCUT2D eigenvalue weighted by molar-refractivity contribution is 5.87. The summed E-state index contributed by atoms with van der Waals surface area (Å²) in [5.74, 6) is -0.410. The molecule has 1 aliphatic rings. The second-order valence-corrected chi connectivity index (χ2v) is 5.03. The van der Waals surface area contributed by atoms with Crippen LogP contribution in [-0.2, 0) is 14.3 Å². The van der Waals surface area contributed by atoms with E-state index in [-0.39, 0.29) is 30.4 Å². The third kappa shape index (κ3) is 5.07. The summed E-state index contributed by atoms with van der Waals surface area (Å²) >= 11 is 0. The van der Waals surface area contributed by atoms with Gasteiger partial charge in [-0.05, 0) is 27.2 Å². The smallest absolute Gasteiger partial charge is 0.318 e. The Hall–Kier alpha value is -1.79. The number of hydrogen-bond donors (Lipinski definition) is 2. The van der Waals surface area contributed by atoms with E-state index in [9.17, 15) is 14.4 Å². The topological polar surface area (TPSA) is 87.7 Å². The second kappa shape index (κ2) is 7.72. The molecule has 0 radical (unpaired) electrons. The summed E-state index contributed by atoms with van der Waals surface area (Å²) in [6.45, 7) is 6.63. The van der Waals surface area contributed by atoms with Crippen LogP contribution < -0.4 is 10.6 Å². The first-order valence-corrected chi connectivity index (χ1v) is 6.93. The molecule has 0 bridgehead atoms. The number of hydrogen-bond acceptors (Lipinski definition) is 4. The molecule has 0 saturated carbocycles. The highest BCUT2D eigenvalue weighted by Crippen LogP contribution is 2.04. The zero-order valence-electron chi connectivity index (χ0n) is 12.3. The van der Waals surface area contributed by atoms with Gasteiger partial charge in [-0.15, -0.1) is 0 Å². The van der Waals surface area contributed by atoms with Gasteiger partial charge in [0.1, 0.15) is 6.04 Å². The maximum atomic E-state index is 11.9. The molecular formula is C13H23N3O4. The molecule has 3 amide bonds. The molecule has 1 rings (SSSR count). The maximum Gasteiger partial charge on any atom is 0.318 e. The van der Waals surface area contributed by atoms with Crippen LogP contribution in [0.15, 0.2) is 0 Å². The second-order valence-electron chi connectivity index (χ2n) is 5.03. The molecule has 114 valence electrons. The number of urea groups is 1. The van der Waals surface area contributed by atoms with Gasteiger partial charge in [-0.25, -0.2) is 4.79 Å². The monoisotopic (exact) mass is 285 g/mol. The van der Waals surface area contributed by atoms with E-state index in [4.69, 9.17) is 4.74 Å². The van der Waals surface area contributed by atoms with E-state index < -0.39 is 6.04 Å². The Morgan fingerprint density at radius 1 is 1.50 bits per heavy atom. The van der Waals surface area contributed by atoms with Gasteiger partial charge in [0, 0.05) is 26.1 Å². The van der Waals surface area contributed by atoms with Crippen molar-refractivity contribution in [3.63, 3.8) is 0 Å². The predicted octanol–water partition coefficient (Wildman–Crippen LogP) is 0.248. The van der Waals surface area contributed by atoms with Crippen LogP contribution in [0.1, 0.15) is 33.6 Å². The van der Waals surface area contributed by atoms with Crippen LogP contribution in [0.2, 0.25) is 0 Å². The molecule has 7 nitrogen and oxygen atoms in total. The van der Waals surface area contributed by atoms with Gasteiger partial charge in [0.2, 0.25) is 5.91 Å². The average molecular weight is 285 g/mol. The lowest BCUT2D eigenvalue weighted by atomic mass is 10.2. The molecule has 0 unspecified atom stereocenters. The molecule has 1 saturated heterocycles. The number of esters is 1. The van der Waals surface area contributed by atoms with Gasteiger partial charge in [-0.2, -0.15) is 0 Å². The Balaban J connectivity index is 2.23. The van der Waals surface area contributed by atoms with Gasteiger partial charge in [0.25, 0.3) is 0 Å². The summed E-state index contributed by atoms with van der Waals surface area (Å²) in [7, 11) is 0. The molecule has 0 aromatic rings. The minimum atomic E-state index is -0.463. The molecule has 7 heteroatoms. The third-order valence-electron chi connectivity index (χ3n) is 2.96. The number of nitrogens with one attached hydrogen (secondary N) is 2. The first-order chi connectivity index (χ1) is 9.41. The van der Waals surface area contributed by atoms with Gasteiger partial charge in [-0.3, -0.25) is 9.59 Å². The van der Waals surface area contributed by atoms with Gasteiger partial charge < -0.3 is 20.3 Å². The van der Waals surface area contributed by atoms with E-state index in [2.05, 4.69) is 10.6 Å². The van der Waals surface area contributed by atoms with E-state index in [1.54, 1.807) is 20.8 Å². The van der Waals surface area contributed by atoms with Crippen molar-refractivity contribution in [3.05, 3.63) is 0 Å². The van der Waals surface area contributed by atoms with Crippen molar-refractivity contribution in [1.82, 2.24) is 15.5 Å². The van der Waals surface area contributed by atoms with Crippen LogP contribution in [0.4, 0.5) is 4.79 Å². The Morgan fingerprint density at radius 3 is 2.85 bits per heavy atom. The molecule has 2 N–H and O–H groups in total. The first-order valence-electron chi connectivity index (χ1n) is 6.93. The molecule has 0 aliphatic carbocycles. The van der Waals surface area contributed by atoms with E-state index in [0.717, 1.165) is 0 Å². The lowest BCUT2D eigenvalue weighted by Gasteiger charge is -2.32. The number of carbonyl (C=O) groups excluding carboxylic acids is 3. The number of piperazine rings is 1. The molecule has 20 heavy (non-hydrogen) atoms. The fraction of sp³-hybridized carbons (Fsp3) is 0.769. The van der Waals surface area contributed by atoms with E-state index >= 15 is 0 Å². The molecule has 0 aromatic heterocycles. The van der Waals surface area contributed by atoms with Crippen LogP contribution in [-0.4, -0.2) is 54.6 Å². The lowest BCUT2D eigenvalue weighted by molar-refractivity contribution is -0.147. The van der Waals surface area contributed by atoms with E-state index in [1.165, 1.54) is 4.90 Å². The van der Waals surface area contributed by atoms with E-state index in [1.807, 2.05) is 0 Å². The number of carbonyl (C=O) groups is 3. The number of ether oxygens (including phenoxy) is 1. The summed E-state index contributed by atoms with van der Waals surface area (Å²) < 4.78 is 4.99. The lowest BCUT2D eigenvalue weighted by Crippen LogP contribution is -2.58. The summed E-state index contributed by atoms with van der Waals surface area (Å²) in [6.07, 6.45) is 0.671. The fourth-order valence-corrected chi connectivity index (χ4v) is 1.91. The van der Waals surface area contributed by atoms with Crippen LogP contribution in [0.3, 0.4) is 0 Å². The first kappa shape index (κ1) is 16.3. The minimum absolute atomic E-state index is 0.121. The van der Waals surface area contributed by atoms with Crippen molar-refractivity contribution in [2.75, 3.05) is 19.6 Å². The van der Waals surface area contributed by atoms with E-state index in [0.29, 0.717) is 26.1 Å². The maximum absolute atomic E-state index is 11.9. The van der Waals surface area contributed by atoms with Crippen molar-refractivity contribution in [2.24, 2.45) is 0 Å². The largest absolute Gasteiger partial charge is 0.463 e. The zero-order valence-corrected chi connectivity index (χ0v) is 12.3. The SMILES string of the molecule is CC(C)OC(=O)CCCNC(=O)N1CCNC(=O)[C@H]1C. The number of nitrogens with zero attached hydrogens (tertiary/aromatic N) is 1. The zero-order chi connectivity index (χ0) is 15.1. The summed E-state index contributed by atoms with van der Waals surface area (Å²) in [6, 6.07) is -0.737. The molecular weight excluding hydrogens is 262 g/mol. The molecule has 1 atom stereocenters. The van der Waals surface area contributed by atoms with Gasteiger partial charge >= 0.3 is 12.0 Å². The summed E-state index contributed by atoms with van der Waals surface area (Å²) in [5, 5.41) is 5.41. The standard InChI is InChI=1S/C13H23N3O4/c1-9(2)20-11(17)5-4-6-15-13(19)16-8-7-14-12(18)10(16)3/h9-10H,4-8H2,1-3H3,(H,14,18)(H,15,19)/t10-/m1/s1. The molecule has 0 aromatic carbocycles. The predicted molar refractivity (Wildman–Crippen MR) is 73.0 cm³/mol. The quantitative estimate of drug-likeness (QED) is 0.560. The van der Waals surface area contributed by atoms with Gasteiger partial charge in [0.05, 0.1) is 6.10 Å². The fourth-order valence-electron chi connectivity index (χ4n) is 1.91. The molecule has 1 heterocycles. The molecule has 1 fully saturated rings. The highest BCUT2D eigenvalue weighted by atomic mass is 16.5. The summed E-state index contributed by atoms with van der Waals surface area (Å²) in [5.41, 5.74) is 0. The van der Waals surface area contributed by atoms with Crippen LogP contribution in [0, 0.1) is 0 Å². The third-order valence-corrected chi connectivity index (χ3v) is 2.96. The van der Waals surface area contributed by atoms with Gasteiger partial charge in [0.15, 0.2) is 0 Å². The van der Waals surface area contributed by atoms with Crippen molar-refractivity contribution in [3.8, 4) is 0 Å². The summed E-state index contributed by atoms with van der Waals surface area (Å²) in [4.78, 5) is 36.1. The highest BCUT2D eigenvalue weighted by Gasteiger charge is 2.28. The van der Waals surface area contributed by atoms with Crippen molar-refractivity contribution in [1.29, 1.82) is 0 Å². The normalized spacial score (nSPS) is 18.7. The Kier molecular flexibility index (Phi) is 6.27. The average Bonchev–Trinajstić information content (AvgIpc) is 2.37. The molecule has 1 aliphatic heterocycles. The van der Waals surface area contributed by atoms with Crippen LogP contribution in [0.25, 0.3) is 0 Å². The van der Waals surface area contributed by atoms with Crippen LogP contribution >= 0.6 is 0 Å².